The van der Waals surface area contributed by atoms with Crippen LogP contribution in [0.5, 0.6) is 0 Å². The Bertz CT molecular complexity index is 1220. The number of carbonyl (C=O) groups is 1. The van der Waals surface area contributed by atoms with Crippen LogP contribution >= 0.6 is 0 Å². The number of anilines is 1. The van der Waals surface area contributed by atoms with Crippen molar-refractivity contribution in [1.82, 2.24) is 13.9 Å². The van der Waals surface area contributed by atoms with E-state index in [0.29, 0.717) is 31.9 Å². The third kappa shape index (κ3) is 6.39. The van der Waals surface area contributed by atoms with Crippen LogP contribution in [-0.2, 0) is 24.8 Å². The van der Waals surface area contributed by atoms with Gasteiger partial charge in [0.15, 0.2) is 0 Å². The first kappa shape index (κ1) is 25.3. The number of carbonyl (C=O) groups excluding carboxylic acids is 1. The third-order valence-corrected chi connectivity index (χ3v) is 9.00. The minimum Gasteiger partial charge on any atom is -0.326 e. The van der Waals surface area contributed by atoms with Crippen molar-refractivity contribution in [3.05, 3.63) is 53.6 Å². The van der Waals surface area contributed by atoms with Gasteiger partial charge in [0, 0.05) is 44.8 Å². The fraction of sp³-hybridized carbons (Fsp3) is 0.409. The summed E-state index contributed by atoms with van der Waals surface area (Å²) < 4.78 is 54.6. The minimum atomic E-state index is -3.73. The SMILES string of the molecule is Cc1ccc(S(=O)(=O)NCCC(=O)Nc2cccc(S(=O)(=O)N3CCN(C)CC3)c2)cc1C. The van der Waals surface area contributed by atoms with E-state index in [1.54, 1.807) is 24.3 Å². The first-order valence-corrected chi connectivity index (χ1v) is 13.6. The van der Waals surface area contributed by atoms with Crippen LogP contribution in [0.1, 0.15) is 17.5 Å². The lowest BCUT2D eigenvalue weighted by Crippen LogP contribution is -2.47. The molecule has 0 spiro atoms. The van der Waals surface area contributed by atoms with Crippen molar-refractivity contribution in [2.45, 2.75) is 30.1 Å². The number of aryl methyl sites for hydroxylation is 2. The largest absolute Gasteiger partial charge is 0.326 e. The topological polar surface area (TPSA) is 116 Å². The Morgan fingerprint density at radius 1 is 0.909 bits per heavy atom. The molecule has 0 atom stereocenters. The van der Waals surface area contributed by atoms with Crippen molar-refractivity contribution < 1.29 is 21.6 Å². The monoisotopic (exact) mass is 494 g/mol. The summed E-state index contributed by atoms with van der Waals surface area (Å²) in [6.45, 7) is 5.79. The molecular weight excluding hydrogens is 464 g/mol. The van der Waals surface area contributed by atoms with Gasteiger partial charge in [-0.2, -0.15) is 4.31 Å². The molecule has 0 aliphatic carbocycles. The molecule has 0 saturated carbocycles. The number of hydrogen-bond acceptors (Lipinski definition) is 6. The van der Waals surface area contributed by atoms with Crippen molar-refractivity contribution in [3.63, 3.8) is 0 Å². The molecule has 11 heteroatoms. The molecule has 1 saturated heterocycles. The Morgan fingerprint density at radius 2 is 1.61 bits per heavy atom. The molecule has 0 bridgehead atoms. The number of nitrogens with zero attached hydrogens (tertiary/aromatic N) is 2. The van der Waals surface area contributed by atoms with E-state index in [9.17, 15) is 21.6 Å². The smallest absolute Gasteiger partial charge is 0.243 e. The van der Waals surface area contributed by atoms with Crippen molar-refractivity contribution in [2.24, 2.45) is 0 Å². The lowest BCUT2D eigenvalue weighted by Gasteiger charge is -2.31. The number of nitrogens with one attached hydrogen (secondary N) is 2. The second-order valence-corrected chi connectivity index (χ2v) is 11.9. The Balaban J connectivity index is 1.58. The Morgan fingerprint density at radius 3 is 2.27 bits per heavy atom. The molecule has 1 fully saturated rings. The van der Waals surface area contributed by atoms with E-state index in [2.05, 4.69) is 14.9 Å². The van der Waals surface area contributed by atoms with E-state index in [1.807, 2.05) is 20.9 Å². The molecule has 2 N–H and O–H groups in total. The molecular formula is C22H30N4O5S2. The van der Waals surface area contributed by atoms with Crippen LogP contribution in [0, 0.1) is 13.8 Å². The van der Waals surface area contributed by atoms with Crippen LogP contribution < -0.4 is 10.0 Å². The van der Waals surface area contributed by atoms with E-state index in [4.69, 9.17) is 0 Å². The van der Waals surface area contributed by atoms with Gasteiger partial charge in [-0.25, -0.2) is 21.6 Å². The summed E-state index contributed by atoms with van der Waals surface area (Å²) in [6.07, 6.45) is -0.0977. The standard InChI is InChI=1S/C22H30N4O5S2/c1-17-7-8-20(15-18(17)2)32(28,29)23-10-9-22(27)24-19-5-4-6-21(16-19)33(30,31)26-13-11-25(3)12-14-26/h4-8,15-16,23H,9-14H2,1-3H3,(H,24,27). The zero-order valence-corrected chi connectivity index (χ0v) is 20.7. The molecule has 1 aliphatic heterocycles. The highest BCUT2D eigenvalue weighted by atomic mass is 32.2. The predicted molar refractivity (Wildman–Crippen MR) is 127 cm³/mol. The van der Waals surface area contributed by atoms with Crippen molar-refractivity contribution in [2.75, 3.05) is 45.1 Å². The zero-order valence-electron chi connectivity index (χ0n) is 19.0. The average molecular weight is 495 g/mol. The van der Waals surface area contributed by atoms with Gasteiger partial charge in [-0.05, 0) is 62.4 Å². The molecule has 180 valence electrons. The number of benzene rings is 2. The molecule has 33 heavy (non-hydrogen) atoms. The third-order valence-electron chi connectivity index (χ3n) is 5.65. The second-order valence-electron chi connectivity index (χ2n) is 8.18. The quantitative estimate of drug-likeness (QED) is 0.575. The van der Waals surface area contributed by atoms with Crippen LogP contribution in [0.3, 0.4) is 0 Å². The van der Waals surface area contributed by atoms with Gasteiger partial charge in [-0.1, -0.05) is 12.1 Å². The van der Waals surface area contributed by atoms with Crippen LogP contribution in [-0.4, -0.2) is 71.7 Å². The van der Waals surface area contributed by atoms with Crippen LogP contribution in [0.4, 0.5) is 5.69 Å². The molecule has 1 heterocycles. The fourth-order valence-corrected chi connectivity index (χ4v) is 5.98. The highest BCUT2D eigenvalue weighted by molar-refractivity contribution is 7.89. The molecule has 9 nitrogen and oxygen atoms in total. The van der Waals surface area contributed by atoms with E-state index >= 15 is 0 Å². The Labute approximate surface area is 195 Å². The highest BCUT2D eigenvalue weighted by Crippen LogP contribution is 2.21. The number of hydrogen-bond donors (Lipinski definition) is 2. The maximum absolute atomic E-state index is 12.9. The van der Waals surface area contributed by atoms with Gasteiger partial charge in [0.2, 0.25) is 26.0 Å². The lowest BCUT2D eigenvalue weighted by molar-refractivity contribution is -0.116. The van der Waals surface area contributed by atoms with Gasteiger partial charge >= 0.3 is 0 Å². The van der Waals surface area contributed by atoms with Crippen LogP contribution in [0.25, 0.3) is 0 Å². The van der Waals surface area contributed by atoms with Crippen LogP contribution in [0.15, 0.2) is 52.3 Å². The van der Waals surface area contributed by atoms with E-state index < -0.39 is 26.0 Å². The molecule has 3 rings (SSSR count). The average Bonchev–Trinajstić information content (AvgIpc) is 2.76. The Kier molecular flexibility index (Phi) is 7.91. The molecule has 0 aromatic heterocycles. The normalized spacial score (nSPS) is 16.0. The van der Waals surface area contributed by atoms with Crippen molar-refractivity contribution in [1.29, 1.82) is 0 Å². The van der Waals surface area contributed by atoms with E-state index in [0.717, 1.165) is 11.1 Å². The van der Waals surface area contributed by atoms with Gasteiger partial charge in [0.25, 0.3) is 0 Å². The maximum Gasteiger partial charge on any atom is 0.243 e. The molecule has 0 unspecified atom stereocenters. The van der Waals surface area contributed by atoms with Gasteiger partial charge in [0.1, 0.15) is 0 Å². The number of sulfonamides is 2. The van der Waals surface area contributed by atoms with Gasteiger partial charge in [-0.3, -0.25) is 4.79 Å². The zero-order chi connectivity index (χ0) is 24.2. The van der Waals surface area contributed by atoms with E-state index in [-0.39, 0.29) is 22.8 Å². The highest BCUT2D eigenvalue weighted by Gasteiger charge is 2.27. The number of piperazine rings is 1. The van der Waals surface area contributed by atoms with Crippen molar-refractivity contribution in [3.8, 4) is 0 Å². The van der Waals surface area contributed by atoms with Gasteiger partial charge in [-0.15, -0.1) is 0 Å². The maximum atomic E-state index is 12.9. The number of rotatable bonds is 8. The minimum absolute atomic E-state index is 0.0830. The van der Waals surface area contributed by atoms with Gasteiger partial charge in [0.05, 0.1) is 9.79 Å². The van der Waals surface area contributed by atoms with E-state index in [1.165, 1.54) is 22.5 Å². The molecule has 2 aromatic carbocycles. The summed E-state index contributed by atoms with van der Waals surface area (Å²) >= 11 is 0. The molecule has 2 aromatic rings. The van der Waals surface area contributed by atoms with Crippen LogP contribution in [0.2, 0.25) is 0 Å². The predicted octanol–water partition coefficient (Wildman–Crippen LogP) is 1.55. The second kappa shape index (κ2) is 10.3. The molecule has 1 amide bonds. The fourth-order valence-electron chi connectivity index (χ4n) is 3.40. The Hall–Kier alpha value is -2.31. The van der Waals surface area contributed by atoms with Gasteiger partial charge < -0.3 is 10.2 Å². The first-order chi connectivity index (χ1) is 15.5. The lowest BCUT2D eigenvalue weighted by atomic mass is 10.1. The number of amides is 1. The summed E-state index contributed by atoms with van der Waals surface area (Å²) in [5.41, 5.74) is 2.19. The number of likely N-dealkylation sites (N-methyl/N-ethyl adjacent to an activating group) is 1. The first-order valence-electron chi connectivity index (χ1n) is 10.6. The summed E-state index contributed by atoms with van der Waals surface area (Å²) in [5, 5.41) is 2.64. The summed E-state index contributed by atoms with van der Waals surface area (Å²) in [4.78, 5) is 14.6. The molecule has 1 aliphatic rings. The summed E-state index contributed by atoms with van der Waals surface area (Å²) in [6, 6.07) is 10.9. The van der Waals surface area contributed by atoms with Crippen molar-refractivity contribution >= 4 is 31.6 Å². The summed E-state index contributed by atoms with van der Waals surface area (Å²) in [5.74, 6) is -0.424. The molecule has 0 radical (unpaired) electrons. The summed E-state index contributed by atoms with van der Waals surface area (Å²) in [7, 11) is -5.44.